The SMILES string of the molecule is COc1ccc(C)cc1NS(=O)(=O)c1ccc(CO)s1. The number of aliphatic hydroxyl groups excluding tert-OH is 1. The zero-order chi connectivity index (χ0) is 14.8. The first-order valence-corrected chi connectivity index (χ1v) is 8.13. The fourth-order valence-electron chi connectivity index (χ4n) is 1.68. The summed E-state index contributed by atoms with van der Waals surface area (Å²) in [6.45, 7) is 1.69. The van der Waals surface area contributed by atoms with Gasteiger partial charge in [-0.1, -0.05) is 6.07 Å². The molecule has 0 spiro atoms. The molecule has 1 aromatic carbocycles. The number of ether oxygens (including phenoxy) is 1. The van der Waals surface area contributed by atoms with Crippen LogP contribution in [0, 0.1) is 6.92 Å². The van der Waals surface area contributed by atoms with Gasteiger partial charge in [0, 0.05) is 4.88 Å². The number of sulfonamides is 1. The van der Waals surface area contributed by atoms with E-state index < -0.39 is 10.0 Å². The van der Waals surface area contributed by atoms with Gasteiger partial charge >= 0.3 is 0 Å². The molecule has 1 aromatic heterocycles. The molecule has 0 atom stereocenters. The third-order valence-corrected chi connectivity index (χ3v) is 5.58. The third-order valence-electron chi connectivity index (χ3n) is 2.66. The van der Waals surface area contributed by atoms with Crippen molar-refractivity contribution in [2.75, 3.05) is 11.8 Å². The van der Waals surface area contributed by atoms with Gasteiger partial charge in [0.2, 0.25) is 0 Å². The summed E-state index contributed by atoms with van der Waals surface area (Å²) in [4.78, 5) is 0.599. The highest BCUT2D eigenvalue weighted by atomic mass is 32.2. The minimum atomic E-state index is -3.67. The van der Waals surface area contributed by atoms with E-state index in [0.29, 0.717) is 16.3 Å². The van der Waals surface area contributed by atoms with Crippen LogP contribution in [0.3, 0.4) is 0 Å². The van der Waals surface area contributed by atoms with E-state index >= 15 is 0 Å². The van der Waals surface area contributed by atoms with Crippen LogP contribution in [0.4, 0.5) is 5.69 Å². The number of nitrogens with one attached hydrogen (secondary N) is 1. The number of rotatable bonds is 5. The highest BCUT2D eigenvalue weighted by Crippen LogP contribution is 2.29. The maximum absolute atomic E-state index is 12.3. The number of aliphatic hydroxyl groups is 1. The van der Waals surface area contributed by atoms with E-state index in [1.807, 2.05) is 13.0 Å². The molecule has 108 valence electrons. The molecule has 0 amide bonds. The second kappa shape index (κ2) is 5.82. The van der Waals surface area contributed by atoms with E-state index in [1.54, 1.807) is 18.2 Å². The van der Waals surface area contributed by atoms with Crippen molar-refractivity contribution < 1.29 is 18.3 Å². The summed E-state index contributed by atoms with van der Waals surface area (Å²) < 4.78 is 32.4. The molecule has 0 unspecified atom stereocenters. The molecule has 0 aliphatic carbocycles. The Bertz CT molecular complexity index is 707. The molecule has 2 aromatic rings. The first-order valence-electron chi connectivity index (χ1n) is 5.83. The number of anilines is 1. The summed E-state index contributed by atoms with van der Waals surface area (Å²) in [5, 5.41) is 9.00. The highest BCUT2D eigenvalue weighted by Gasteiger charge is 2.18. The Morgan fingerprint density at radius 1 is 1.30 bits per heavy atom. The molecule has 5 nitrogen and oxygen atoms in total. The van der Waals surface area contributed by atoms with Crippen LogP contribution in [-0.4, -0.2) is 20.6 Å². The fraction of sp³-hybridized carbons (Fsp3) is 0.231. The standard InChI is InChI=1S/C13H15NO4S2/c1-9-3-5-12(18-2)11(7-9)14-20(16,17)13-6-4-10(8-15)19-13/h3-7,14-15H,8H2,1-2H3. The van der Waals surface area contributed by atoms with Gasteiger partial charge in [-0.15, -0.1) is 11.3 Å². The molecule has 0 fully saturated rings. The molecule has 0 saturated heterocycles. The topological polar surface area (TPSA) is 75.6 Å². The molecule has 0 aliphatic heterocycles. The molecule has 0 aliphatic rings. The Morgan fingerprint density at radius 3 is 2.65 bits per heavy atom. The van der Waals surface area contributed by atoms with E-state index in [0.717, 1.165) is 16.9 Å². The maximum Gasteiger partial charge on any atom is 0.271 e. The predicted octanol–water partition coefficient (Wildman–Crippen LogP) is 2.36. The van der Waals surface area contributed by atoms with Gasteiger partial charge in [0.25, 0.3) is 10.0 Å². The van der Waals surface area contributed by atoms with E-state index in [2.05, 4.69) is 4.72 Å². The lowest BCUT2D eigenvalue weighted by molar-refractivity contribution is 0.285. The number of benzene rings is 1. The van der Waals surface area contributed by atoms with Gasteiger partial charge in [-0.2, -0.15) is 0 Å². The lowest BCUT2D eigenvalue weighted by Gasteiger charge is -2.11. The summed E-state index contributed by atoms with van der Waals surface area (Å²) in [7, 11) is -2.19. The molecule has 2 N–H and O–H groups in total. The van der Waals surface area contributed by atoms with Crippen LogP contribution in [0.25, 0.3) is 0 Å². The summed E-state index contributed by atoms with van der Waals surface area (Å²) in [6.07, 6.45) is 0. The van der Waals surface area contributed by atoms with E-state index in [4.69, 9.17) is 9.84 Å². The minimum Gasteiger partial charge on any atom is -0.495 e. The average Bonchev–Trinajstić information content (AvgIpc) is 2.88. The van der Waals surface area contributed by atoms with Gasteiger partial charge in [-0.3, -0.25) is 4.72 Å². The molecule has 0 saturated carbocycles. The Kier molecular flexibility index (Phi) is 4.32. The molecule has 0 bridgehead atoms. The van der Waals surface area contributed by atoms with Crippen molar-refractivity contribution in [3.8, 4) is 5.75 Å². The number of hydrogen-bond acceptors (Lipinski definition) is 5. The third kappa shape index (κ3) is 3.12. The molecular formula is C13H15NO4S2. The van der Waals surface area contributed by atoms with Crippen molar-refractivity contribution in [3.63, 3.8) is 0 Å². The maximum atomic E-state index is 12.3. The largest absolute Gasteiger partial charge is 0.495 e. The van der Waals surface area contributed by atoms with Crippen molar-refractivity contribution in [2.45, 2.75) is 17.7 Å². The molecule has 20 heavy (non-hydrogen) atoms. The van der Waals surface area contributed by atoms with Crippen LogP contribution in [0.2, 0.25) is 0 Å². The first kappa shape index (κ1) is 14.8. The zero-order valence-electron chi connectivity index (χ0n) is 11.1. The lowest BCUT2D eigenvalue weighted by atomic mass is 10.2. The van der Waals surface area contributed by atoms with Crippen LogP contribution < -0.4 is 9.46 Å². The van der Waals surface area contributed by atoms with Crippen molar-refractivity contribution in [1.29, 1.82) is 0 Å². The van der Waals surface area contributed by atoms with Crippen molar-refractivity contribution in [2.24, 2.45) is 0 Å². The smallest absolute Gasteiger partial charge is 0.271 e. The first-order chi connectivity index (χ1) is 9.46. The van der Waals surface area contributed by atoms with E-state index in [1.165, 1.54) is 13.2 Å². The van der Waals surface area contributed by atoms with Gasteiger partial charge in [-0.05, 0) is 36.8 Å². The molecule has 7 heteroatoms. The number of methoxy groups -OCH3 is 1. The normalized spacial score (nSPS) is 11.3. The number of hydrogen-bond donors (Lipinski definition) is 2. The van der Waals surface area contributed by atoms with Crippen LogP contribution >= 0.6 is 11.3 Å². The van der Waals surface area contributed by atoms with Crippen LogP contribution in [0.15, 0.2) is 34.5 Å². The van der Waals surface area contributed by atoms with Gasteiger partial charge < -0.3 is 9.84 Å². The molecular weight excluding hydrogens is 298 g/mol. The Labute approximate surface area is 121 Å². The Hall–Kier alpha value is -1.57. The number of thiophene rings is 1. The number of aryl methyl sites for hydroxylation is 1. The van der Waals surface area contributed by atoms with Crippen LogP contribution in [-0.2, 0) is 16.6 Å². The minimum absolute atomic E-state index is 0.158. The highest BCUT2D eigenvalue weighted by molar-refractivity contribution is 7.94. The van der Waals surface area contributed by atoms with Crippen molar-refractivity contribution in [3.05, 3.63) is 40.8 Å². The summed E-state index contributed by atoms with van der Waals surface area (Å²) in [5.74, 6) is 0.457. The van der Waals surface area contributed by atoms with Gasteiger partial charge in [0.05, 0.1) is 19.4 Å². The predicted molar refractivity (Wildman–Crippen MR) is 78.8 cm³/mol. The van der Waals surface area contributed by atoms with Gasteiger partial charge in [0.15, 0.2) is 0 Å². The summed E-state index contributed by atoms with van der Waals surface area (Å²) >= 11 is 1.04. The van der Waals surface area contributed by atoms with E-state index in [9.17, 15) is 8.42 Å². The zero-order valence-corrected chi connectivity index (χ0v) is 12.7. The van der Waals surface area contributed by atoms with Crippen molar-refractivity contribution >= 4 is 27.0 Å². The van der Waals surface area contributed by atoms with Gasteiger partial charge in [0.1, 0.15) is 9.96 Å². The molecule has 2 rings (SSSR count). The lowest BCUT2D eigenvalue weighted by Crippen LogP contribution is -2.12. The average molecular weight is 313 g/mol. The fourth-order valence-corrected chi connectivity index (χ4v) is 3.96. The van der Waals surface area contributed by atoms with Crippen molar-refractivity contribution in [1.82, 2.24) is 0 Å². The monoisotopic (exact) mass is 313 g/mol. The second-order valence-corrected chi connectivity index (χ2v) is 7.27. The van der Waals surface area contributed by atoms with Crippen LogP contribution in [0.1, 0.15) is 10.4 Å². The summed E-state index contributed by atoms with van der Waals surface area (Å²) in [5.41, 5.74) is 1.32. The Morgan fingerprint density at radius 2 is 2.05 bits per heavy atom. The van der Waals surface area contributed by atoms with E-state index in [-0.39, 0.29) is 10.8 Å². The Balaban J connectivity index is 2.35. The second-order valence-electron chi connectivity index (χ2n) is 4.19. The molecule has 1 heterocycles. The quantitative estimate of drug-likeness (QED) is 0.888. The molecule has 0 radical (unpaired) electrons. The van der Waals surface area contributed by atoms with Gasteiger partial charge in [-0.25, -0.2) is 8.42 Å². The van der Waals surface area contributed by atoms with Crippen LogP contribution in [0.5, 0.6) is 5.75 Å². The summed E-state index contributed by atoms with van der Waals surface area (Å²) in [6, 6.07) is 8.32.